The first-order valence-electron chi connectivity index (χ1n) is 6.93. The zero-order valence-corrected chi connectivity index (χ0v) is 13.7. The molecule has 0 N–H and O–H groups in total. The summed E-state index contributed by atoms with van der Waals surface area (Å²) in [4.78, 5) is 4.34. The number of rotatable bonds is 3. The van der Waals surface area contributed by atoms with Gasteiger partial charge in [-0.2, -0.15) is 0 Å². The predicted octanol–water partition coefficient (Wildman–Crippen LogP) is 3.66. The number of nitrogens with zero attached hydrogens (tertiary/aromatic N) is 1. The summed E-state index contributed by atoms with van der Waals surface area (Å²) in [6.07, 6.45) is 3.23. The van der Waals surface area contributed by atoms with Crippen LogP contribution in [-0.4, -0.2) is 13.4 Å². The highest BCUT2D eigenvalue weighted by molar-refractivity contribution is 7.90. The van der Waals surface area contributed by atoms with E-state index in [1.807, 2.05) is 25.1 Å². The van der Waals surface area contributed by atoms with Crippen LogP contribution in [0.1, 0.15) is 37.5 Å². The number of aromatic nitrogens is 1. The molecule has 0 saturated heterocycles. The molecule has 0 aliphatic heterocycles. The molecule has 3 nitrogen and oxygen atoms in total. The summed E-state index contributed by atoms with van der Waals surface area (Å²) in [5.41, 5.74) is 2.50. The maximum absolute atomic E-state index is 12.7. The van der Waals surface area contributed by atoms with E-state index in [2.05, 4.69) is 25.8 Å². The van der Waals surface area contributed by atoms with Crippen molar-refractivity contribution >= 4 is 9.84 Å². The van der Waals surface area contributed by atoms with Crippen LogP contribution in [0.5, 0.6) is 0 Å². The third-order valence-corrected chi connectivity index (χ3v) is 5.32. The van der Waals surface area contributed by atoms with E-state index in [-0.39, 0.29) is 11.2 Å². The van der Waals surface area contributed by atoms with E-state index >= 15 is 0 Å². The van der Waals surface area contributed by atoms with E-state index in [9.17, 15) is 8.42 Å². The van der Waals surface area contributed by atoms with Crippen LogP contribution in [-0.2, 0) is 21.0 Å². The third-order valence-electron chi connectivity index (χ3n) is 3.50. The van der Waals surface area contributed by atoms with Gasteiger partial charge in [-0.05, 0) is 47.2 Å². The van der Waals surface area contributed by atoms with Crippen LogP contribution in [0.3, 0.4) is 0 Å². The van der Waals surface area contributed by atoms with Gasteiger partial charge in [0.25, 0.3) is 0 Å². The molecular formula is C17H21NO2S. The van der Waals surface area contributed by atoms with Crippen molar-refractivity contribution in [3.63, 3.8) is 0 Å². The first kappa shape index (κ1) is 15.7. The maximum atomic E-state index is 12.7. The van der Waals surface area contributed by atoms with Crippen LogP contribution >= 0.6 is 0 Å². The van der Waals surface area contributed by atoms with Crippen molar-refractivity contribution in [2.45, 2.75) is 43.8 Å². The summed E-state index contributed by atoms with van der Waals surface area (Å²) < 4.78 is 25.4. The molecule has 112 valence electrons. The molecule has 2 aromatic rings. The van der Waals surface area contributed by atoms with Crippen LogP contribution in [0.2, 0.25) is 0 Å². The molecule has 0 aliphatic rings. The van der Waals surface area contributed by atoms with E-state index in [4.69, 9.17) is 0 Å². The molecule has 0 radical (unpaired) electrons. The van der Waals surface area contributed by atoms with Crippen molar-refractivity contribution in [2.24, 2.45) is 0 Å². The van der Waals surface area contributed by atoms with Crippen LogP contribution in [0.4, 0.5) is 0 Å². The molecular weight excluding hydrogens is 282 g/mol. The van der Waals surface area contributed by atoms with E-state index in [0.29, 0.717) is 4.90 Å². The molecule has 0 aliphatic carbocycles. The molecule has 1 heterocycles. The average molecular weight is 303 g/mol. The zero-order valence-electron chi connectivity index (χ0n) is 12.9. The van der Waals surface area contributed by atoms with Gasteiger partial charge in [-0.1, -0.05) is 32.9 Å². The Labute approximate surface area is 127 Å². The molecule has 0 saturated carbocycles. The Morgan fingerprint density at radius 2 is 1.67 bits per heavy atom. The highest BCUT2D eigenvalue weighted by Crippen LogP contribution is 2.28. The smallest absolute Gasteiger partial charge is 0.182 e. The second-order valence-electron chi connectivity index (χ2n) is 6.34. The van der Waals surface area contributed by atoms with Crippen molar-refractivity contribution < 1.29 is 8.42 Å². The van der Waals surface area contributed by atoms with Crippen LogP contribution in [0.25, 0.3) is 0 Å². The summed E-state index contributed by atoms with van der Waals surface area (Å²) in [6, 6.07) is 9.17. The lowest BCUT2D eigenvalue weighted by molar-refractivity contribution is 0.582. The Balaban J connectivity index is 2.45. The molecule has 0 atom stereocenters. The molecule has 0 unspecified atom stereocenters. The summed E-state index contributed by atoms with van der Waals surface area (Å²) in [5.74, 6) is 0.00392. The Morgan fingerprint density at radius 3 is 2.24 bits per heavy atom. The molecule has 0 bridgehead atoms. The van der Waals surface area contributed by atoms with Gasteiger partial charge in [-0.3, -0.25) is 4.98 Å². The molecule has 2 rings (SSSR count). The number of benzene rings is 1. The minimum absolute atomic E-state index is 0.00392. The van der Waals surface area contributed by atoms with Crippen molar-refractivity contribution in [2.75, 3.05) is 0 Å². The van der Waals surface area contributed by atoms with Gasteiger partial charge in [0.05, 0.1) is 10.6 Å². The minimum Gasteiger partial charge on any atom is -0.265 e. The van der Waals surface area contributed by atoms with Gasteiger partial charge in [0.15, 0.2) is 9.84 Å². The topological polar surface area (TPSA) is 47.0 Å². The van der Waals surface area contributed by atoms with Crippen LogP contribution in [0, 0.1) is 6.92 Å². The lowest BCUT2D eigenvalue weighted by atomic mass is 9.87. The largest absolute Gasteiger partial charge is 0.265 e. The normalized spacial score (nSPS) is 12.4. The lowest BCUT2D eigenvalue weighted by Crippen LogP contribution is -2.14. The number of aryl methyl sites for hydroxylation is 1. The van der Waals surface area contributed by atoms with Gasteiger partial charge < -0.3 is 0 Å². The fraction of sp³-hybridized carbons (Fsp3) is 0.353. The SMILES string of the molecule is Cc1ccc(C(C)(C)C)cc1S(=O)(=O)Cc1ccncc1. The van der Waals surface area contributed by atoms with Gasteiger partial charge in [-0.25, -0.2) is 8.42 Å². The Hall–Kier alpha value is -1.68. The Morgan fingerprint density at radius 1 is 1.05 bits per heavy atom. The summed E-state index contributed by atoms with van der Waals surface area (Å²) >= 11 is 0. The summed E-state index contributed by atoms with van der Waals surface area (Å²) in [5, 5.41) is 0. The number of sulfone groups is 1. The van der Waals surface area contributed by atoms with Crippen molar-refractivity contribution in [3.8, 4) is 0 Å². The number of pyridine rings is 1. The van der Waals surface area contributed by atoms with Gasteiger partial charge in [0, 0.05) is 12.4 Å². The van der Waals surface area contributed by atoms with Crippen LogP contribution < -0.4 is 0 Å². The Bertz CT molecular complexity index is 729. The Kier molecular flexibility index (Phi) is 4.19. The van der Waals surface area contributed by atoms with E-state index in [1.54, 1.807) is 24.5 Å². The fourth-order valence-electron chi connectivity index (χ4n) is 2.18. The monoisotopic (exact) mass is 303 g/mol. The van der Waals surface area contributed by atoms with Crippen molar-refractivity contribution in [3.05, 3.63) is 59.4 Å². The third kappa shape index (κ3) is 3.70. The predicted molar refractivity (Wildman–Crippen MR) is 85.0 cm³/mol. The molecule has 0 fully saturated rings. The van der Waals surface area contributed by atoms with Gasteiger partial charge in [0.1, 0.15) is 0 Å². The standard InChI is InChI=1S/C17H21NO2S/c1-13-5-6-15(17(2,3)4)11-16(13)21(19,20)12-14-7-9-18-10-8-14/h5-11H,12H2,1-4H3. The van der Waals surface area contributed by atoms with Gasteiger partial charge in [0.2, 0.25) is 0 Å². The fourth-order valence-corrected chi connectivity index (χ4v) is 3.83. The first-order valence-corrected chi connectivity index (χ1v) is 8.58. The second kappa shape index (κ2) is 5.60. The number of hydrogen-bond acceptors (Lipinski definition) is 3. The molecule has 1 aromatic heterocycles. The van der Waals surface area contributed by atoms with Crippen molar-refractivity contribution in [1.29, 1.82) is 0 Å². The highest BCUT2D eigenvalue weighted by Gasteiger charge is 2.21. The lowest BCUT2D eigenvalue weighted by Gasteiger charge is -2.20. The zero-order chi connectivity index (χ0) is 15.7. The average Bonchev–Trinajstić information content (AvgIpc) is 2.38. The molecule has 4 heteroatoms. The van der Waals surface area contributed by atoms with E-state index in [1.165, 1.54) is 0 Å². The quantitative estimate of drug-likeness (QED) is 0.869. The molecule has 0 amide bonds. The van der Waals surface area contributed by atoms with Crippen molar-refractivity contribution in [1.82, 2.24) is 4.98 Å². The van der Waals surface area contributed by atoms with Crippen LogP contribution in [0.15, 0.2) is 47.6 Å². The van der Waals surface area contributed by atoms with Gasteiger partial charge in [-0.15, -0.1) is 0 Å². The van der Waals surface area contributed by atoms with Gasteiger partial charge >= 0.3 is 0 Å². The first-order chi connectivity index (χ1) is 9.70. The molecule has 21 heavy (non-hydrogen) atoms. The highest BCUT2D eigenvalue weighted by atomic mass is 32.2. The van der Waals surface area contributed by atoms with E-state index < -0.39 is 9.84 Å². The summed E-state index contributed by atoms with van der Waals surface area (Å²) in [7, 11) is -3.35. The summed E-state index contributed by atoms with van der Waals surface area (Å²) in [6.45, 7) is 8.08. The van der Waals surface area contributed by atoms with E-state index in [0.717, 1.165) is 16.7 Å². The minimum atomic E-state index is -3.35. The second-order valence-corrected chi connectivity index (χ2v) is 8.30. The molecule has 1 aromatic carbocycles. The maximum Gasteiger partial charge on any atom is 0.182 e. The number of hydrogen-bond donors (Lipinski definition) is 0. The molecule has 0 spiro atoms.